The second-order valence-electron chi connectivity index (χ2n) is 9.05. The molecule has 3 rings (SSSR count). The number of aliphatic imine (C=N–C) groups is 1. The van der Waals surface area contributed by atoms with Gasteiger partial charge in [0.2, 0.25) is 5.91 Å². The van der Waals surface area contributed by atoms with Gasteiger partial charge in [-0.1, -0.05) is 31.0 Å². The monoisotopic (exact) mass is 559 g/mol. The van der Waals surface area contributed by atoms with Crippen molar-refractivity contribution >= 4 is 41.0 Å². The number of hydrogen-bond donors (Lipinski definition) is 4. The smallest absolute Gasteiger partial charge is 0.337 e. The first-order chi connectivity index (χ1) is 18.7. The quantitative estimate of drug-likeness (QED) is 0.253. The molecule has 0 radical (unpaired) electrons. The number of carboxylic acid groups (broad SMARTS) is 1. The van der Waals surface area contributed by atoms with Crippen molar-refractivity contribution in [1.29, 1.82) is 0 Å². The predicted molar refractivity (Wildman–Crippen MR) is 148 cm³/mol. The molecule has 2 aromatic carbocycles. The summed E-state index contributed by atoms with van der Waals surface area (Å²) < 4.78 is 5.44. The Balaban J connectivity index is 1.89. The number of amidine groups is 1. The molecule has 0 bridgehead atoms. The first-order valence-electron chi connectivity index (χ1n) is 12.7. The van der Waals surface area contributed by atoms with Crippen molar-refractivity contribution in [2.75, 3.05) is 32.5 Å². The number of halogens is 1. The molecule has 1 unspecified atom stereocenters. The van der Waals surface area contributed by atoms with Gasteiger partial charge in [0.25, 0.3) is 0 Å². The zero-order valence-corrected chi connectivity index (χ0v) is 23.0. The Morgan fingerprint density at radius 3 is 2.67 bits per heavy atom. The first kappa shape index (κ1) is 29.7. The summed E-state index contributed by atoms with van der Waals surface area (Å²) in [6.45, 7) is 4.11. The number of carbonyl (C=O) groups is 3. The number of carboxylic acids is 1. The topological polar surface area (TPSA) is 156 Å². The highest BCUT2D eigenvalue weighted by Gasteiger charge is 2.34. The molecule has 0 aliphatic carbocycles. The number of nitrogens with one attached hydrogen (secondary N) is 2. The van der Waals surface area contributed by atoms with Crippen LogP contribution in [0, 0.1) is 5.92 Å². The van der Waals surface area contributed by atoms with Gasteiger partial charge in [0.15, 0.2) is 0 Å². The average molecular weight is 560 g/mol. The van der Waals surface area contributed by atoms with Crippen LogP contribution < -0.4 is 21.3 Å². The lowest BCUT2D eigenvalue weighted by Crippen LogP contribution is -2.50. The fourth-order valence-electron chi connectivity index (χ4n) is 4.34. The SMILES string of the molecule is CCCC(NC(=O)N1CC(NOCC)=NC[C@@H](Cc2cc(Cl)ccc2OC)C1=O)c1ccc(C(=O)O)c(N)c1. The highest BCUT2D eigenvalue weighted by molar-refractivity contribution is 6.30. The zero-order valence-electron chi connectivity index (χ0n) is 22.2. The number of methoxy groups -OCH3 is 1. The van der Waals surface area contributed by atoms with Crippen molar-refractivity contribution < 1.29 is 29.1 Å². The average Bonchev–Trinajstić information content (AvgIpc) is 3.05. The molecule has 2 aromatic rings. The number of hydroxylamine groups is 1. The summed E-state index contributed by atoms with van der Waals surface area (Å²) in [4.78, 5) is 49.5. The van der Waals surface area contributed by atoms with Gasteiger partial charge in [-0.25, -0.2) is 9.59 Å². The van der Waals surface area contributed by atoms with Crippen LogP contribution in [0.3, 0.4) is 0 Å². The van der Waals surface area contributed by atoms with Gasteiger partial charge in [-0.2, -0.15) is 0 Å². The molecular formula is C27H34ClN5O6. The van der Waals surface area contributed by atoms with E-state index in [1.54, 1.807) is 31.2 Å². The van der Waals surface area contributed by atoms with Crippen LogP contribution in [0.1, 0.15) is 54.2 Å². The summed E-state index contributed by atoms with van der Waals surface area (Å²) >= 11 is 6.19. The molecule has 0 aromatic heterocycles. The number of aromatic carboxylic acids is 1. The van der Waals surface area contributed by atoms with E-state index in [0.29, 0.717) is 35.2 Å². The van der Waals surface area contributed by atoms with Crippen LogP contribution in [-0.2, 0) is 16.1 Å². The number of nitrogens with two attached hydrogens (primary N) is 1. The maximum absolute atomic E-state index is 13.7. The molecule has 5 N–H and O–H groups in total. The fourth-order valence-corrected chi connectivity index (χ4v) is 4.54. The Morgan fingerprint density at radius 2 is 2.03 bits per heavy atom. The number of benzene rings is 2. The highest BCUT2D eigenvalue weighted by atomic mass is 35.5. The van der Waals surface area contributed by atoms with Crippen LogP contribution >= 0.6 is 11.6 Å². The minimum absolute atomic E-state index is 0.0230. The number of carbonyl (C=O) groups excluding carboxylic acids is 2. The van der Waals surface area contributed by atoms with Gasteiger partial charge in [-0.15, -0.1) is 0 Å². The van der Waals surface area contributed by atoms with Crippen molar-refractivity contribution in [3.63, 3.8) is 0 Å². The number of nitrogen functional groups attached to an aromatic ring is 1. The summed E-state index contributed by atoms with van der Waals surface area (Å²) in [5.74, 6) is -1.31. The van der Waals surface area contributed by atoms with Gasteiger partial charge >= 0.3 is 12.0 Å². The van der Waals surface area contributed by atoms with Crippen LogP contribution in [0.5, 0.6) is 5.75 Å². The van der Waals surface area contributed by atoms with Gasteiger partial charge in [0.1, 0.15) is 11.6 Å². The van der Waals surface area contributed by atoms with Crippen molar-refractivity contribution in [3.8, 4) is 5.75 Å². The number of ether oxygens (including phenoxy) is 1. The molecule has 3 amide bonds. The Labute approximate surface area is 232 Å². The molecule has 11 nitrogen and oxygen atoms in total. The Hall–Kier alpha value is -3.83. The molecule has 0 fully saturated rings. The molecule has 0 saturated heterocycles. The lowest BCUT2D eigenvalue weighted by Gasteiger charge is -2.27. The number of nitrogens with zero attached hydrogens (tertiary/aromatic N) is 2. The minimum atomic E-state index is -1.14. The lowest BCUT2D eigenvalue weighted by molar-refractivity contribution is -0.131. The first-order valence-corrected chi connectivity index (χ1v) is 13.0. The minimum Gasteiger partial charge on any atom is -0.496 e. The normalized spacial score (nSPS) is 16.2. The number of imide groups is 1. The molecule has 1 aliphatic rings. The third-order valence-corrected chi connectivity index (χ3v) is 6.53. The summed E-state index contributed by atoms with van der Waals surface area (Å²) in [5.41, 5.74) is 10.1. The van der Waals surface area contributed by atoms with Crippen LogP contribution in [-0.4, -0.2) is 60.6 Å². The van der Waals surface area contributed by atoms with Crippen LogP contribution in [0.25, 0.3) is 0 Å². The van der Waals surface area contributed by atoms with E-state index in [4.69, 9.17) is 26.9 Å². The molecular weight excluding hydrogens is 526 g/mol. The molecule has 1 heterocycles. The maximum atomic E-state index is 13.7. The number of anilines is 1. The molecule has 12 heteroatoms. The van der Waals surface area contributed by atoms with Gasteiger partial charge < -0.3 is 20.9 Å². The van der Waals surface area contributed by atoms with E-state index in [1.807, 2.05) is 6.92 Å². The summed E-state index contributed by atoms with van der Waals surface area (Å²) in [7, 11) is 1.54. The largest absolute Gasteiger partial charge is 0.496 e. The molecule has 1 aliphatic heterocycles. The number of urea groups is 1. The molecule has 2 atom stereocenters. The Morgan fingerprint density at radius 1 is 1.26 bits per heavy atom. The van der Waals surface area contributed by atoms with Gasteiger partial charge in [-0.05, 0) is 61.2 Å². The fraction of sp³-hybridized carbons (Fsp3) is 0.407. The van der Waals surface area contributed by atoms with Crippen molar-refractivity contribution in [2.45, 2.75) is 39.2 Å². The van der Waals surface area contributed by atoms with Gasteiger partial charge in [0.05, 0.1) is 44.3 Å². The summed E-state index contributed by atoms with van der Waals surface area (Å²) in [5, 5.41) is 12.7. The van der Waals surface area contributed by atoms with E-state index in [9.17, 15) is 19.5 Å². The van der Waals surface area contributed by atoms with Crippen molar-refractivity contribution in [3.05, 3.63) is 58.1 Å². The van der Waals surface area contributed by atoms with Gasteiger partial charge in [0, 0.05) is 10.7 Å². The number of rotatable bonds is 10. The number of amides is 3. The van der Waals surface area contributed by atoms with E-state index in [0.717, 1.165) is 16.9 Å². The van der Waals surface area contributed by atoms with Crippen LogP contribution in [0.15, 0.2) is 41.4 Å². The van der Waals surface area contributed by atoms with E-state index in [-0.39, 0.29) is 30.8 Å². The molecule has 0 saturated carbocycles. The van der Waals surface area contributed by atoms with Crippen LogP contribution in [0.2, 0.25) is 5.02 Å². The third-order valence-electron chi connectivity index (χ3n) is 6.30. The van der Waals surface area contributed by atoms with Gasteiger partial charge in [-0.3, -0.25) is 25.0 Å². The summed E-state index contributed by atoms with van der Waals surface area (Å²) in [6, 6.07) is 8.59. The van der Waals surface area contributed by atoms with E-state index >= 15 is 0 Å². The Bertz CT molecular complexity index is 1240. The van der Waals surface area contributed by atoms with Crippen molar-refractivity contribution in [2.24, 2.45) is 10.9 Å². The predicted octanol–water partition coefficient (Wildman–Crippen LogP) is 3.82. The maximum Gasteiger partial charge on any atom is 0.337 e. The molecule has 0 spiro atoms. The number of hydrogen-bond acceptors (Lipinski definition) is 8. The van der Waals surface area contributed by atoms with E-state index in [1.165, 1.54) is 19.2 Å². The van der Waals surface area contributed by atoms with Crippen LogP contribution in [0.4, 0.5) is 10.5 Å². The second kappa shape index (κ2) is 13.8. The zero-order chi connectivity index (χ0) is 28.5. The lowest BCUT2D eigenvalue weighted by atomic mass is 9.97. The highest BCUT2D eigenvalue weighted by Crippen LogP contribution is 2.28. The Kier molecular flexibility index (Phi) is 10.5. The molecule has 39 heavy (non-hydrogen) atoms. The summed E-state index contributed by atoms with van der Waals surface area (Å²) in [6.07, 6.45) is 1.51. The molecule has 210 valence electrons. The third kappa shape index (κ3) is 7.61. The van der Waals surface area contributed by atoms with E-state index in [2.05, 4.69) is 15.8 Å². The second-order valence-corrected chi connectivity index (χ2v) is 9.48. The van der Waals surface area contributed by atoms with E-state index < -0.39 is 29.9 Å². The standard InChI is InChI=1S/C27H34ClN5O6/c1-4-6-22(16-7-9-20(26(35)36)21(29)13-16)31-27(37)33-15-24(32-39-5-2)30-14-18(25(33)34)11-17-12-19(28)8-10-23(17)38-3/h7-10,12-13,18,22H,4-6,11,14-15,29H2,1-3H3,(H,30,32)(H,31,37)(H,35,36)/t18-,22?/m1/s1. The van der Waals surface area contributed by atoms with Crippen molar-refractivity contribution in [1.82, 2.24) is 15.7 Å².